The summed E-state index contributed by atoms with van der Waals surface area (Å²) in [5.41, 5.74) is 11.1. The van der Waals surface area contributed by atoms with Gasteiger partial charge in [0.25, 0.3) is 12.4 Å². The normalized spacial score (nSPS) is 14.8. The summed E-state index contributed by atoms with van der Waals surface area (Å²) >= 11 is 0. The van der Waals surface area contributed by atoms with Gasteiger partial charge in [-0.25, -0.2) is 0 Å². The zero-order valence-electron chi connectivity index (χ0n) is 25.0. The van der Waals surface area contributed by atoms with Crippen molar-refractivity contribution in [3.63, 3.8) is 0 Å². The number of dihydropyridines is 1. The Labute approximate surface area is 262 Å². The van der Waals surface area contributed by atoms with Gasteiger partial charge in [-0.15, -0.1) is 4.67 Å². The molecule has 0 fully saturated rings. The van der Waals surface area contributed by atoms with Gasteiger partial charge in [0.05, 0.1) is 16.6 Å². The third-order valence-electron chi connectivity index (χ3n) is 8.57. The number of nitrogens with one attached hydrogen (secondary N) is 3. The fourth-order valence-corrected chi connectivity index (χ4v) is 6.23. The van der Waals surface area contributed by atoms with E-state index in [4.69, 9.17) is 10.8 Å². The van der Waals surface area contributed by atoms with E-state index in [-0.39, 0.29) is 0 Å². The van der Waals surface area contributed by atoms with Gasteiger partial charge in [-0.1, -0.05) is 73.3 Å². The number of benzene rings is 4. The maximum atomic E-state index is 8.23. The van der Waals surface area contributed by atoms with E-state index in [1.807, 2.05) is 31.2 Å². The molecule has 0 bridgehead atoms. The third-order valence-corrected chi connectivity index (χ3v) is 8.57. The number of nitrogens with zero attached hydrogens (tertiary/aromatic N) is 2. The highest BCUT2D eigenvalue weighted by molar-refractivity contribution is 6.20. The van der Waals surface area contributed by atoms with Gasteiger partial charge in [0.15, 0.2) is 0 Å². The quantitative estimate of drug-likeness (QED) is 0.0964. The molecule has 2 aliphatic rings. The second kappa shape index (κ2) is 11.6. The van der Waals surface area contributed by atoms with E-state index >= 15 is 0 Å². The summed E-state index contributed by atoms with van der Waals surface area (Å²) in [5, 5.41) is 24.1. The van der Waals surface area contributed by atoms with Crippen LogP contribution in [-0.4, -0.2) is 36.0 Å². The van der Waals surface area contributed by atoms with E-state index in [1.54, 1.807) is 12.4 Å². The summed E-state index contributed by atoms with van der Waals surface area (Å²) < 4.78 is 6.51. The molecule has 4 aromatic carbocycles. The maximum absolute atomic E-state index is 8.23. The van der Waals surface area contributed by atoms with Crippen molar-refractivity contribution in [1.82, 2.24) is 14.6 Å². The Bertz CT molecular complexity index is 2300. The molecule has 0 saturated carbocycles. The highest BCUT2D eigenvalue weighted by atomic mass is 15.0. The van der Waals surface area contributed by atoms with Crippen molar-refractivity contribution in [2.45, 2.75) is 6.92 Å². The predicted octanol–water partition coefficient (Wildman–Crippen LogP) is 8.14. The summed E-state index contributed by atoms with van der Waals surface area (Å²) in [5.74, 6) is 0. The highest BCUT2D eigenvalue weighted by Gasteiger charge is 2.18. The molecule has 3 heterocycles. The van der Waals surface area contributed by atoms with Crippen LogP contribution in [0.25, 0.3) is 49.4 Å². The highest BCUT2D eigenvalue weighted by Crippen LogP contribution is 2.38. The van der Waals surface area contributed by atoms with E-state index in [0.717, 1.165) is 55.7 Å². The lowest BCUT2D eigenvalue weighted by molar-refractivity contribution is 0.925. The molecule has 5 nitrogen and oxygen atoms in total. The Morgan fingerprint density at radius 2 is 1.67 bits per heavy atom. The third kappa shape index (κ3) is 4.92. The van der Waals surface area contributed by atoms with E-state index < -0.39 is 0 Å². The molecular weight excluding hydrogens is 550 g/mol. The van der Waals surface area contributed by atoms with Crippen LogP contribution in [0.4, 0.5) is 0 Å². The van der Waals surface area contributed by atoms with Crippen LogP contribution in [0.5, 0.6) is 0 Å². The molecule has 0 spiro atoms. The number of aromatic nitrogens is 1. The van der Waals surface area contributed by atoms with Gasteiger partial charge >= 0.3 is 0 Å². The molecular formula is C40H32N5+. The standard InChI is InChI=1S/C40H32N5/c1-3-27(22-41)38-16-12-32(25-44-38)28-9-13-35-30(20-28)11-15-37-36-14-10-29(33(23-42)19-26(2)31-17-18-43-24-31)21-39(36)45(40(35)37)34-7-5-4-6-8-34/h3-24,41-42,44H,2,25H2,1H3/q+1/b27-3+,33-19+,41-22?,42-23?. The first-order valence-corrected chi connectivity index (χ1v) is 15.0. The summed E-state index contributed by atoms with van der Waals surface area (Å²) in [6.07, 6.45) is 16.4. The SMILES string of the molecule is C=C(/C=C(\C=N)c1ccc2c3ccc4cc(C5=CC=C(/C(C=N)=C/C)NC5)ccc4c3n(-c3ccccc3)c2c1)C1=CC=[N+]=C1. The van der Waals surface area contributed by atoms with Gasteiger partial charge in [0.2, 0.25) is 0 Å². The first-order chi connectivity index (χ1) is 22.1. The zero-order chi connectivity index (χ0) is 30.9. The molecule has 0 saturated heterocycles. The van der Waals surface area contributed by atoms with E-state index in [0.29, 0.717) is 6.54 Å². The van der Waals surface area contributed by atoms with Crippen molar-refractivity contribution in [3.8, 4) is 5.69 Å². The Morgan fingerprint density at radius 1 is 0.867 bits per heavy atom. The van der Waals surface area contributed by atoms with E-state index in [2.05, 4.69) is 106 Å². The van der Waals surface area contributed by atoms with Crippen LogP contribution in [0.15, 0.2) is 138 Å². The monoisotopic (exact) mass is 582 g/mol. The molecule has 7 rings (SSSR count). The van der Waals surface area contributed by atoms with Crippen LogP contribution in [-0.2, 0) is 0 Å². The average molecular weight is 583 g/mol. The molecule has 3 N–H and O–H groups in total. The number of hydrogen-bond acceptors (Lipinski definition) is 3. The van der Waals surface area contributed by atoms with Crippen LogP contribution in [0.2, 0.25) is 0 Å². The lowest BCUT2D eigenvalue weighted by Gasteiger charge is -2.18. The Morgan fingerprint density at radius 3 is 2.38 bits per heavy atom. The summed E-state index contributed by atoms with van der Waals surface area (Å²) in [4.78, 5) is 0. The lowest BCUT2D eigenvalue weighted by Crippen LogP contribution is -2.20. The molecule has 5 aromatic rings. The first-order valence-electron chi connectivity index (χ1n) is 15.0. The Balaban J connectivity index is 1.40. The molecule has 45 heavy (non-hydrogen) atoms. The first kappa shape index (κ1) is 27.8. The van der Waals surface area contributed by atoms with Crippen molar-refractivity contribution in [2.24, 2.45) is 0 Å². The summed E-state index contributed by atoms with van der Waals surface area (Å²) in [6.45, 7) is 6.87. The molecule has 0 atom stereocenters. The minimum Gasteiger partial charge on any atom is -0.380 e. The van der Waals surface area contributed by atoms with Gasteiger partial charge in [0, 0.05) is 58.2 Å². The van der Waals surface area contributed by atoms with Crippen molar-refractivity contribution < 1.29 is 0 Å². The number of hydrogen-bond donors (Lipinski definition) is 3. The van der Waals surface area contributed by atoms with Crippen LogP contribution < -0.4 is 9.98 Å². The predicted molar refractivity (Wildman–Crippen MR) is 193 cm³/mol. The van der Waals surface area contributed by atoms with Gasteiger partial charge in [-0.3, -0.25) is 0 Å². The molecule has 0 unspecified atom stereocenters. The summed E-state index contributed by atoms with van der Waals surface area (Å²) in [6, 6.07) is 28.1. The van der Waals surface area contributed by atoms with Gasteiger partial charge < -0.3 is 20.7 Å². The molecule has 0 amide bonds. The van der Waals surface area contributed by atoms with E-state index in [1.165, 1.54) is 39.7 Å². The number of para-hydroxylation sites is 1. The van der Waals surface area contributed by atoms with Crippen LogP contribution in [0.1, 0.15) is 18.1 Å². The Hall–Kier alpha value is -6.03. The smallest absolute Gasteiger partial charge is 0.300 e. The molecule has 0 radical (unpaired) electrons. The van der Waals surface area contributed by atoms with Crippen LogP contribution in [0, 0.1) is 10.8 Å². The second-order valence-corrected chi connectivity index (χ2v) is 11.1. The zero-order valence-corrected chi connectivity index (χ0v) is 25.0. The number of rotatable bonds is 8. The summed E-state index contributed by atoms with van der Waals surface area (Å²) in [7, 11) is 0. The molecule has 216 valence electrons. The fraction of sp³-hybridized carbons (Fsp3) is 0.0500. The second-order valence-electron chi connectivity index (χ2n) is 11.1. The van der Waals surface area contributed by atoms with Crippen LogP contribution >= 0.6 is 0 Å². The van der Waals surface area contributed by atoms with Crippen molar-refractivity contribution in [3.05, 3.63) is 149 Å². The molecule has 5 heteroatoms. The maximum Gasteiger partial charge on any atom is 0.300 e. The van der Waals surface area contributed by atoms with Gasteiger partial charge in [-0.2, -0.15) is 0 Å². The van der Waals surface area contributed by atoms with E-state index in [9.17, 15) is 0 Å². The fourth-order valence-electron chi connectivity index (χ4n) is 6.23. The minimum absolute atomic E-state index is 0.704. The van der Waals surface area contributed by atoms with Gasteiger partial charge in [0.1, 0.15) is 0 Å². The number of fused-ring (bicyclic) bond motifs is 5. The minimum atomic E-state index is 0.704. The number of allylic oxidation sites excluding steroid dienone is 9. The molecule has 1 aromatic heterocycles. The van der Waals surface area contributed by atoms with Gasteiger partial charge in [-0.05, 0) is 76.6 Å². The lowest BCUT2D eigenvalue weighted by atomic mass is 9.97. The largest absolute Gasteiger partial charge is 0.380 e. The molecule has 0 aliphatic carbocycles. The molecule has 2 aliphatic heterocycles. The van der Waals surface area contributed by atoms with Crippen molar-refractivity contribution in [1.29, 1.82) is 10.8 Å². The van der Waals surface area contributed by atoms with Crippen molar-refractivity contribution in [2.75, 3.05) is 6.54 Å². The Kier molecular flexibility index (Phi) is 7.14. The average Bonchev–Trinajstić information content (AvgIpc) is 3.75. The topological polar surface area (TPSA) is 78.8 Å². The van der Waals surface area contributed by atoms with Crippen molar-refractivity contribution >= 4 is 68.6 Å². The van der Waals surface area contributed by atoms with Crippen LogP contribution in [0.3, 0.4) is 0 Å².